The Morgan fingerprint density at radius 2 is 1.74 bits per heavy atom. The van der Waals surface area contributed by atoms with Gasteiger partial charge in [0.1, 0.15) is 17.0 Å². The van der Waals surface area contributed by atoms with Crippen molar-refractivity contribution in [2.75, 3.05) is 0 Å². The third-order valence-corrected chi connectivity index (χ3v) is 7.41. The SMILES string of the molecule is C=C(c1ccccc1)c1ccc(-c2nc3cnc4[nH]ccc4c3n2C2CCC(CC#N)CC2)cc1. The summed E-state index contributed by atoms with van der Waals surface area (Å²) >= 11 is 0. The molecule has 0 spiro atoms. The van der Waals surface area contributed by atoms with Gasteiger partial charge in [-0.3, -0.25) is 0 Å². The van der Waals surface area contributed by atoms with Gasteiger partial charge in [0.25, 0.3) is 0 Å². The van der Waals surface area contributed by atoms with Crippen molar-refractivity contribution >= 4 is 27.6 Å². The molecule has 5 heteroatoms. The molecule has 1 saturated carbocycles. The Kier molecular flexibility index (Phi) is 5.42. The molecule has 0 aliphatic heterocycles. The Hall–Kier alpha value is -4.17. The summed E-state index contributed by atoms with van der Waals surface area (Å²) in [6.07, 6.45) is 8.75. The highest BCUT2D eigenvalue weighted by molar-refractivity contribution is 6.02. The zero-order chi connectivity index (χ0) is 23.8. The Balaban J connectivity index is 1.43. The van der Waals surface area contributed by atoms with E-state index in [1.54, 1.807) is 0 Å². The number of benzene rings is 2. The summed E-state index contributed by atoms with van der Waals surface area (Å²) in [7, 11) is 0. The van der Waals surface area contributed by atoms with Gasteiger partial charge in [0.2, 0.25) is 0 Å². The summed E-state index contributed by atoms with van der Waals surface area (Å²) in [4.78, 5) is 12.9. The topological polar surface area (TPSA) is 70.3 Å². The summed E-state index contributed by atoms with van der Waals surface area (Å²) in [5.74, 6) is 1.49. The zero-order valence-electron chi connectivity index (χ0n) is 19.6. The van der Waals surface area contributed by atoms with Crippen molar-refractivity contribution in [2.24, 2.45) is 5.92 Å². The van der Waals surface area contributed by atoms with Gasteiger partial charge in [-0.2, -0.15) is 5.26 Å². The van der Waals surface area contributed by atoms with E-state index in [1.165, 1.54) is 0 Å². The molecule has 2 aromatic carbocycles. The third-order valence-electron chi connectivity index (χ3n) is 7.41. The highest BCUT2D eigenvalue weighted by Gasteiger charge is 2.27. The van der Waals surface area contributed by atoms with E-state index in [2.05, 4.69) is 69.6 Å². The predicted molar refractivity (Wildman–Crippen MR) is 141 cm³/mol. The molecule has 0 saturated heterocycles. The molecule has 5 aromatic rings. The number of nitrogens with one attached hydrogen (secondary N) is 1. The molecule has 0 atom stereocenters. The van der Waals surface area contributed by atoms with Gasteiger partial charge in [0.15, 0.2) is 0 Å². The van der Waals surface area contributed by atoms with Crippen LogP contribution in [0.3, 0.4) is 0 Å². The fraction of sp³-hybridized carbons (Fsp3) is 0.233. The molecule has 0 amide bonds. The lowest BCUT2D eigenvalue weighted by Gasteiger charge is -2.30. The minimum atomic E-state index is 0.351. The maximum Gasteiger partial charge on any atom is 0.141 e. The number of hydrogen-bond acceptors (Lipinski definition) is 3. The standard InChI is InChI=1S/C30H27N5/c1-20(22-5-3-2-4-6-22)23-9-11-24(12-10-23)30-34-27-19-33-29-26(16-18-32-29)28(27)35(30)25-13-7-21(8-14-25)15-17-31/h2-6,9-12,16,18-19,21,25H,1,7-8,13-15H2,(H,32,33). The minimum absolute atomic E-state index is 0.351. The molecule has 172 valence electrons. The first-order valence-electron chi connectivity index (χ1n) is 12.3. The third kappa shape index (κ3) is 3.81. The van der Waals surface area contributed by atoms with Gasteiger partial charge >= 0.3 is 0 Å². The van der Waals surface area contributed by atoms with Gasteiger partial charge in [-0.25, -0.2) is 9.97 Å². The van der Waals surface area contributed by atoms with Crippen molar-refractivity contribution in [1.29, 1.82) is 5.26 Å². The van der Waals surface area contributed by atoms with Gasteiger partial charge < -0.3 is 9.55 Å². The second-order valence-electron chi connectivity index (χ2n) is 9.50. The minimum Gasteiger partial charge on any atom is -0.346 e. The average molecular weight is 458 g/mol. The highest BCUT2D eigenvalue weighted by Crippen LogP contribution is 2.40. The van der Waals surface area contributed by atoms with Crippen LogP contribution in [-0.2, 0) is 0 Å². The molecule has 6 rings (SSSR count). The van der Waals surface area contributed by atoms with Crippen LogP contribution >= 0.6 is 0 Å². The van der Waals surface area contributed by atoms with Crippen LogP contribution in [0.2, 0.25) is 0 Å². The number of fused-ring (bicyclic) bond motifs is 3. The summed E-state index contributed by atoms with van der Waals surface area (Å²) in [5, 5.41) is 10.3. The van der Waals surface area contributed by atoms with Gasteiger partial charge in [0, 0.05) is 29.6 Å². The van der Waals surface area contributed by atoms with E-state index < -0.39 is 0 Å². The number of nitrogens with zero attached hydrogens (tertiary/aromatic N) is 4. The van der Waals surface area contributed by atoms with Crippen molar-refractivity contribution < 1.29 is 0 Å². The summed E-state index contributed by atoms with van der Waals surface area (Å²) in [6.45, 7) is 4.32. The molecular formula is C30H27N5. The van der Waals surface area contributed by atoms with E-state index in [-0.39, 0.29) is 0 Å². The normalized spacial score (nSPS) is 18.0. The molecule has 1 aliphatic rings. The molecule has 3 heterocycles. The van der Waals surface area contributed by atoms with Crippen molar-refractivity contribution in [2.45, 2.75) is 38.1 Å². The average Bonchev–Trinajstić information content (AvgIpc) is 3.54. The van der Waals surface area contributed by atoms with E-state index in [4.69, 9.17) is 10.2 Å². The maximum absolute atomic E-state index is 9.15. The predicted octanol–water partition coefficient (Wildman–Crippen LogP) is 7.29. The largest absolute Gasteiger partial charge is 0.346 e. The number of hydrogen-bond donors (Lipinski definition) is 1. The molecule has 3 aromatic heterocycles. The van der Waals surface area contributed by atoms with Crippen molar-refractivity contribution in [3.63, 3.8) is 0 Å². The number of rotatable bonds is 5. The zero-order valence-corrected chi connectivity index (χ0v) is 19.6. The molecular weight excluding hydrogens is 430 g/mol. The lowest BCUT2D eigenvalue weighted by atomic mass is 9.84. The van der Waals surface area contributed by atoms with E-state index in [0.29, 0.717) is 18.4 Å². The first-order chi connectivity index (χ1) is 17.2. The molecule has 0 unspecified atom stereocenters. The lowest BCUT2D eigenvalue weighted by molar-refractivity contribution is 0.283. The fourth-order valence-corrected chi connectivity index (χ4v) is 5.51. The van der Waals surface area contributed by atoms with Gasteiger partial charge in [-0.1, -0.05) is 61.2 Å². The first kappa shape index (κ1) is 21.4. The van der Waals surface area contributed by atoms with E-state index in [1.807, 2.05) is 30.6 Å². The van der Waals surface area contributed by atoms with Crippen LogP contribution in [0.4, 0.5) is 0 Å². The lowest BCUT2D eigenvalue weighted by Crippen LogP contribution is -2.19. The molecule has 0 radical (unpaired) electrons. The van der Waals surface area contributed by atoms with Crippen LogP contribution < -0.4 is 0 Å². The second-order valence-corrected chi connectivity index (χ2v) is 9.50. The highest BCUT2D eigenvalue weighted by atomic mass is 15.1. The molecule has 35 heavy (non-hydrogen) atoms. The quantitative estimate of drug-likeness (QED) is 0.301. The van der Waals surface area contributed by atoms with Crippen LogP contribution in [-0.4, -0.2) is 19.5 Å². The van der Waals surface area contributed by atoms with Crippen molar-refractivity contribution in [3.05, 3.63) is 90.8 Å². The van der Waals surface area contributed by atoms with Gasteiger partial charge in [-0.05, 0) is 54.4 Å². The number of nitriles is 1. The summed E-state index contributed by atoms with van der Waals surface area (Å²) in [5.41, 5.74) is 7.29. The molecule has 1 fully saturated rings. The smallest absolute Gasteiger partial charge is 0.141 e. The van der Waals surface area contributed by atoms with Crippen molar-refractivity contribution in [3.8, 4) is 17.5 Å². The monoisotopic (exact) mass is 457 g/mol. The molecule has 1 aliphatic carbocycles. The van der Waals surface area contributed by atoms with Crippen LogP contribution in [0, 0.1) is 17.2 Å². The van der Waals surface area contributed by atoms with Gasteiger partial charge in [0.05, 0.1) is 17.8 Å². The fourth-order valence-electron chi connectivity index (χ4n) is 5.51. The first-order valence-corrected chi connectivity index (χ1v) is 12.3. The Labute approximate surface area is 204 Å². The van der Waals surface area contributed by atoms with E-state index >= 15 is 0 Å². The van der Waals surface area contributed by atoms with E-state index in [9.17, 15) is 0 Å². The van der Waals surface area contributed by atoms with Crippen LogP contribution in [0.1, 0.15) is 49.3 Å². The Morgan fingerprint density at radius 1 is 1.00 bits per heavy atom. The van der Waals surface area contributed by atoms with Crippen molar-refractivity contribution in [1.82, 2.24) is 19.5 Å². The Bertz CT molecular complexity index is 1540. The molecule has 0 bridgehead atoms. The molecule has 1 N–H and O–H groups in total. The van der Waals surface area contributed by atoms with Crippen LogP contribution in [0.5, 0.6) is 0 Å². The number of H-pyrrole nitrogens is 1. The van der Waals surface area contributed by atoms with E-state index in [0.717, 1.165) is 75.8 Å². The molecule has 5 nitrogen and oxygen atoms in total. The van der Waals surface area contributed by atoms with Gasteiger partial charge in [-0.15, -0.1) is 0 Å². The second kappa shape index (κ2) is 8.88. The number of aromatic amines is 1. The Morgan fingerprint density at radius 3 is 2.49 bits per heavy atom. The number of pyridine rings is 1. The van der Waals surface area contributed by atoms with Crippen LogP contribution in [0.15, 0.2) is 79.6 Å². The van der Waals surface area contributed by atoms with Crippen LogP contribution in [0.25, 0.3) is 39.0 Å². The summed E-state index contributed by atoms with van der Waals surface area (Å²) < 4.78 is 2.44. The summed E-state index contributed by atoms with van der Waals surface area (Å²) in [6, 6.07) is 23.7. The number of imidazole rings is 1. The maximum atomic E-state index is 9.15. The number of aromatic nitrogens is 4.